The third-order valence-corrected chi connectivity index (χ3v) is 2.48. The fourth-order valence-corrected chi connectivity index (χ4v) is 1.82. The van der Waals surface area contributed by atoms with Crippen molar-refractivity contribution in [2.75, 3.05) is 20.6 Å². The summed E-state index contributed by atoms with van der Waals surface area (Å²) in [7, 11) is 4.10. The van der Waals surface area contributed by atoms with Crippen LogP contribution in [0.4, 0.5) is 0 Å². The molecule has 1 atom stereocenters. The predicted octanol–water partition coefficient (Wildman–Crippen LogP) is 2.15. The Labute approximate surface area is 95.9 Å². The minimum absolute atomic E-state index is 0. The van der Waals surface area contributed by atoms with Crippen molar-refractivity contribution in [2.24, 2.45) is 5.73 Å². The SMILES string of the molecule is CN(C)C(CN)c1ccsc1.Cl.Cl. The number of hydrogen-bond donors (Lipinski definition) is 1. The first-order valence-corrected chi connectivity index (χ1v) is 4.58. The maximum atomic E-state index is 5.63. The molecule has 0 radical (unpaired) electrons. The quantitative estimate of drug-likeness (QED) is 0.881. The second-order valence-electron chi connectivity index (χ2n) is 2.77. The number of thiophene rings is 1. The van der Waals surface area contributed by atoms with Crippen LogP contribution in [0.3, 0.4) is 0 Å². The van der Waals surface area contributed by atoms with Gasteiger partial charge in [-0.1, -0.05) is 0 Å². The van der Waals surface area contributed by atoms with Gasteiger partial charge in [0.25, 0.3) is 0 Å². The van der Waals surface area contributed by atoms with Crippen LogP contribution in [0.25, 0.3) is 0 Å². The standard InChI is InChI=1S/C8H14N2S.2ClH/c1-10(2)8(5-9)7-3-4-11-6-7;;/h3-4,6,8H,5,9H2,1-2H3;2*1H. The summed E-state index contributed by atoms with van der Waals surface area (Å²) < 4.78 is 0. The first-order valence-electron chi connectivity index (χ1n) is 3.64. The van der Waals surface area contributed by atoms with Gasteiger partial charge in [0.1, 0.15) is 0 Å². The highest BCUT2D eigenvalue weighted by atomic mass is 35.5. The number of likely N-dealkylation sites (N-methyl/N-ethyl adjacent to an activating group) is 1. The fourth-order valence-electron chi connectivity index (χ4n) is 1.11. The average Bonchev–Trinajstić information content (AvgIpc) is 2.40. The Morgan fingerprint density at radius 1 is 1.46 bits per heavy atom. The molecule has 1 rings (SSSR count). The smallest absolute Gasteiger partial charge is 0.0472 e. The van der Waals surface area contributed by atoms with Crippen molar-refractivity contribution < 1.29 is 0 Å². The van der Waals surface area contributed by atoms with Crippen molar-refractivity contribution in [3.8, 4) is 0 Å². The van der Waals surface area contributed by atoms with Crippen LogP contribution in [0.5, 0.6) is 0 Å². The third-order valence-electron chi connectivity index (χ3n) is 1.77. The molecule has 0 aliphatic rings. The van der Waals surface area contributed by atoms with E-state index in [1.54, 1.807) is 11.3 Å². The summed E-state index contributed by atoms with van der Waals surface area (Å²) >= 11 is 1.72. The normalized spacial score (nSPS) is 11.7. The molecule has 0 aliphatic heterocycles. The highest BCUT2D eigenvalue weighted by Gasteiger charge is 2.10. The van der Waals surface area contributed by atoms with Gasteiger partial charge in [0.2, 0.25) is 0 Å². The second kappa shape index (κ2) is 7.59. The highest BCUT2D eigenvalue weighted by molar-refractivity contribution is 7.07. The molecule has 0 spiro atoms. The molecule has 2 nitrogen and oxygen atoms in total. The van der Waals surface area contributed by atoms with Crippen molar-refractivity contribution >= 4 is 36.2 Å². The first-order chi connectivity index (χ1) is 5.25. The lowest BCUT2D eigenvalue weighted by molar-refractivity contribution is 0.306. The van der Waals surface area contributed by atoms with E-state index >= 15 is 0 Å². The van der Waals surface area contributed by atoms with Crippen molar-refractivity contribution in [3.05, 3.63) is 22.4 Å². The van der Waals surface area contributed by atoms with E-state index in [1.807, 2.05) is 0 Å². The minimum Gasteiger partial charge on any atom is -0.329 e. The van der Waals surface area contributed by atoms with Gasteiger partial charge in [0.15, 0.2) is 0 Å². The molecule has 1 aromatic heterocycles. The van der Waals surface area contributed by atoms with E-state index < -0.39 is 0 Å². The summed E-state index contributed by atoms with van der Waals surface area (Å²) in [5, 5.41) is 4.24. The van der Waals surface area contributed by atoms with Crippen LogP contribution in [-0.4, -0.2) is 25.5 Å². The molecule has 0 fully saturated rings. The van der Waals surface area contributed by atoms with Gasteiger partial charge in [0, 0.05) is 12.6 Å². The molecular formula is C8H16Cl2N2S. The molecule has 0 aliphatic carbocycles. The molecule has 1 unspecified atom stereocenters. The van der Waals surface area contributed by atoms with E-state index in [2.05, 4.69) is 35.8 Å². The number of rotatable bonds is 3. The van der Waals surface area contributed by atoms with Crippen LogP contribution in [0.2, 0.25) is 0 Å². The van der Waals surface area contributed by atoms with Crippen LogP contribution < -0.4 is 5.73 Å². The average molecular weight is 243 g/mol. The number of nitrogens with two attached hydrogens (primary N) is 1. The van der Waals surface area contributed by atoms with Crippen LogP contribution in [0.1, 0.15) is 11.6 Å². The zero-order valence-electron chi connectivity index (χ0n) is 7.77. The van der Waals surface area contributed by atoms with E-state index in [-0.39, 0.29) is 24.8 Å². The molecule has 5 heteroatoms. The molecule has 2 N–H and O–H groups in total. The van der Waals surface area contributed by atoms with Gasteiger partial charge in [-0.05, 0) is 36.5 Å². The van der Waals surface area contributed by atoms with E-state index in [9.17, 15) is 0 Å². The van der Waals surface area contributed by atoms with Crippen LogP contribution >= 0.6 is 36.2 Å². The molecule has 1 heterocycles. The molecule has 0 bridgehead atoms. The summed E-state index contributed by atoms with van der Waals surface area (Å²) in [5.74, 6) is 0. The fraction of sp³-hybridized carbons (Fsp3) is 0.500. The van der Waals surface area contributed by atoms with Gasteiger partial charge >= 0.3 is 0 Å². The van der Waals surface area contributed by atoms with Crippen LogP contribution in [0.15, 0.2) is 16.8 Å². The monoisotopic (exact) mass is 242 g/mol. The van der Waals surface area contributed by atoms with Gasteiger partial charge in [-0.15, -0.1) is 24.8 Å². The van der Waals surface area contributed by atoms with Crippen molar-refractivity contribution in [1.29, 1.82) is 0 Å². The predicted molar refractivity (Wildman–Crippen MR) is 64.3 cm³/mol. The lowest BCUT2D eigenvalue weighted by Crippen LogP contribution is -2.26. The second-order valence-corrected chi connectivity index (χ2v) is 3.55. The van der Waals surface area contributed by atoms with Gasteiger partial charge in [-0.3, -0.25) is 0 Å². The Balaban J connectivity index is 0. The summed E-state index contributed by atoms with van der Waals surface area (Å²) in [5.41, 5.74) is 6.95. The summed E-state index contributed by atoms with van der Waals surface area (Å²) in [6.45, 7) is 0.684. The Bertz CT molecular complexity index is 202. The van der Waals surface area contributed by atoms with Crippen molar-refractivity contribution in [3.63, 3.8) is 0 Å². The topological polar surface area (TPSA) is 29.3 Å². The Morgan fingerprint density at radius 3 is 2.38 bits per heavy atom. The van der Waals surface area contributed by atoms with E-state index in [0.717, 1.165) is 0 Å². The highest BCUT2D eigenvalue weighted by Crippen LogP contribution is 2.18. The van der Waals surface area contributed by atoms with E-state index in [0.29, 0.717) is 12.6 Å². The zero-order valence-corrected chi connectivity index (χ0v) is 10.2. The lowest BCUT2D eigenvalue weighted by atomic mass is 10.1. The third kappa shape index (κ3) is 4.29. The molecule has 0 saturated carbocycles. The Kier molecular flexibility index (Phi) is 9.14. The largest absolute Gasteiger partial charge is 0.329 e. The molecular weight excluding hydrogens is 227 g/mol. The zero-order chi connectivity index (χ0) is 8.27. The summed E-state index contributed by atoms with van der Waals surface area (Å²) in [4.78, 5) is 2.14. The van der Waals surface area contributed by atoms with Crippen molar-refractivity contribution in [2.45, 2.75) is 6.04 Å². The number of halogens is 2. The van der Waals surface area contributed by atoms with Crippen LogP contribution in [0, 0.1) is 0 Å². The van der Waals surface area contributed by atoms with Crippen LogP contribution in [-0.2, 0) is 0 Å². The molecule has 13 heavy (non-hydrogen) atoms. The van der Waals surface area contributed by atoms with Gasteiger partial charge in [0.05, 0.1) is 0 Å². The molecule has 78 valence electrons. The maximum absolute atomic E-state index is 5.63. The number of hydrogen-bond acceptors (Lipinski definition) is 3. The van der Waals surface area contributed by atoms with Crippen molar-refractivity contribution in [1.82, 2.24) is 4.90 Å². The van der Waals surface area contributed by atoms with Gasteiger partial charge < -0.3 is 10.6 Å². The molecule has 0 amide bonds. The maximum Gasteiger partial charge on any atom is 0.0472 e. The number of nitrogens with zero attached hydrogens (tertiary/aromatic N) is 1. The Morgan fingerprint density at radius 2 is 2.08 bits per heavy atom. The molecule has 0 saturated heterocycles. The summed E-state index contributed by atoms with van der Waals surface area (Å²) in [6.07, 6.45) is 0. The van der Waals surface area contributed by atoms with E-state index in [4.69, 9.17) is 5.73 Å². The molecule has 1 aromatic rings. The van der Waals surface area contributed by atoms with Gasteiger partial charge in [-0.2, -0.15) is 11.3 Å². The summed E-state index contributed by atoms with van der Waals surface area (Å²) in [6, 6.07) is 2.50. The van der Waals surface area contributed by atoms with Gasteiger partial charge in [-0.25, -0.2) is 0 Å². The Hall–Kier alpha value is 0.200. The minimum atomic E-state index is 0. The van der Waals surface area contributed by atoms with E-state index in [1.165, 1.54) is 5.56 Å². The molecule has 0 aromatic carbocycles. The lowest BCUT2D eigenvalue weighted by Gasteiger charge is -2.21. The first kappa shape index (κ1) is 15.7.